The lowest BCUT2D eigenvalue weighted by molar-refractivity contribution is -0.121. The summed E-state index contributed by atoms with van der Waals surface area (Å²) in [6.45, 7) is 1.56. The maximum atomic E-state index is 12.2. The number of aromatic amines is 1. The third-order valence-electron chi connectivity index (χ3n) is 4.69. The summed E-state index contributed by atoms with van der Waals surface area (Å²) in [5.74, 6) is 0.765. The van der Waals surface area contributed by atoms with E-state index in [2.05, 4.69) is 30.2 Å². The SMILES string of the molecule is O=C(CCc1ccccn1)NC1CCN(c2nccc(-c3ccc[nH]3)n2)C1. The number of pyridine rings is 1. The highest BCUT2D eigenvalue weighted by atomic mass is 16.1. The molecule has 27 heavy (non-hydrogen) atoms. The molecule has 0 spiro atoms. The highest BCUT2D eigenvalue weighted by Crippen LogP contribution is 2.20. The zero-order valence-electron chi connectivity index (χ0n) is 15.0. The van der Waals surface area contributed by atoms with E-state index >= 15 is 0 Å². The lowest BCUT2D eigenvalue weighted by Crippen LogP contribution is -2.37. The number of nitrogens with zero attached hydrogens (tertiary/aromatic N) is 4. The molecule has 0 saturated carbocycles. The molecule has 2 N–H and O–H groups in total. The molecule has 0 aliphatic carbocycles. The molecule has 3 aromatic heterocycles. The minimum absolute atomic E-state index is 0.0635. The Bertz CT molecular complexity index is 881. The van der Waals surface area contributed by atoms with Crippen LogP contribution >= 0.6 is 0 Å². The van der Waals surface area contributed by atoms with Crippen molar-refractivity contribution in [1.82, 2.24) is 25.3 Å². The van der Waals surface area contributed by atoms with Gasteiger partial charge in [0, 0.05) is 49.8 Å². The second kappa shape index (κ2) is 7.99. The van der Waals surface area contributed by atoms with Crippen molar-refractivity contribution in [3.63, 3.8) is 0 Å². The molecule has 4 rings (SSSR count). The quantitative estimate of drug-likeness (QED) is 0.702. The molecule has 1 saturated heterocycles. The van der Waals surface area contributed by atoms with Gasteiger partial charge in [-0.05, 0) is 43.2 Å². The van der Waals surface area contributed by atoms with Crippen LogP contribution in [0.25, 0.3) is 11.4 Å². The van der Waals surface area contributed by atoms with Gasteiger partial charge in [-0.25, -0.2) is 9.97 Å². The van der Waals surface area contributed by atoms with Crippen LogP contribution in [0.3, 0.4) is 0 Å². The monoisotopic (exact) mass is 362 g/mol. The van der Waals surface area contributed by atoms with Crippen LogP contribution in [-0.4, -0.2) is 45.0 Å². The summed E-state index contributed by atoms with van der Waals surface area (Å²) in [4.78, 5) is 30.8. The Hall–Kier alpha value is -3.22. The number of anilines is 1. The Balaban J connectivity index is 1.31. The summed E-state index contributed by atoms with van der Waals surface area (Å²) in [6.07, 6.45) is 7.41. The lowest BCUT2D eigenvalue weighted by atomic mass is 10.2. The molecule has 0 radical (unpaired) electrons. The first-order valence-electron chi connectivity index (χ1n) is 9.19. The molecule has 7 nitrogen and oxygen atoms in total. The molecule has 1 aliphatic rings. The molecule has 1 unspecified atom stereocenters. The summed E-state index contributed by atoms with van der Waals surface area (Å²) >= 11 is 0. The first-order valence-corrected chi connectivity index (χ1v) is 9.19. The molecule has 138 valence electrons. The van der Waals surface area contributed by atoms with Gasteiger partial charge in [-0.2, -0.15) is 0 Å². The van der Waals surface area contributed by atoms with Gasteiger partial charge in [0.05, 0.1) is 11.4 Å². The van der Waals surface area contributed by atoms with Crippen LogP contribution in [-0.2, 0) is 11.2 Å². The van der Waals surface area contributed by atoms with Gasteiger partial charge in [0.25, 0.3) is 0 Å². The number of carbonyl (C=O) groups is 1. The predicted octanol–water partition coefficient (Wildman–Crippen LogP) is 2.19. The van der Waals surface area contributed by atoms with E-state index in [1.807, 2.05) is 42.6 Å². The van der Waals surface area contributed by atoms with Crippen molar-refractivity contribution in [2.24, 2.45) is 0 Å². The Kier molecular flexibility index (Phi) is 5.09. The van der Waals surface area contributed by atoms with Crippen molar-refractivity contribution >= 4 is 11.9 Å². The first-order chi connectivity index (χ1) is 13.3. The Morgan fingerprint density at radius 2 is 2.15 bits per heavy atom. The summed E-state index contributed by atoms with van der Waals surface area (Å²) in [6, 6.07) is 11.7. The summed E-state index contributed by atoms with van der Waals surface area (Å²) in [7, 11) is 0. The van der Waals surface area contributed by atoms with Gasteiger partial charge in [0.1, 0.15) is 0 Å². The third-order valence-corrected chi connectivity index (χ3v) is 4.69. The van der Waals surface area contributed by atoms with Crippen molar-refractivity contribution in [3.8, 4) is 11.4 Å². The number of aryl methyl sites for hydroxylation is 1. The highest BCUT2D eigenvalue weighted by Gasteiger charge is 2.25. The molecule has 1 atom stereocenters. The van der Waals surface area contributed by atoms with Crippen LogP contribution in [0.4, 0.5) is 5.95 Å². The fourth-order valence-corrected chi connectivity index (χ4v) is 3.29. The first kappa shape index (κ1) is 17.2. The zero-order chi connectivity index (χ0) is 18.5. The minimum Gasteiger partial charge on any atom is -0.360 e. The second-order valence-electron chi connectivity index (χ2n) is 6.65. The number of carbonyl (C=O) groups excluding carboxylic acids is 1. The fourth-order valence-electron chi connectivity index (χ4n) is 3.29. The fraction of sp³-hybridized carbons (Fsp3) is 0.300. The van der Waals surface area contributed by atoms with E-state index in [-0.39, 0.29) is 11.9 Å². The normalized spacial score (nSPS) is 16.4. The number of aromatic nitrogens is 4. The largest absolute Gasteiger partial charge is 0.360 e. The van der Waals surface area contributed by atoms with Gasteiger partial charge in [0.15, 0.2) is 0 Å². The molecule has 7 heteroatoms. The number of H-pyrrole nitrogens is 1. The maximum Gasteiger partial charge on any atom is 0.225 e. The van der Waals surface area contributed by atoms with E-state index in [0.717, 1.165) is 36.6 Å². The Morgan fingerprint density at radius 3 is 2.96 bits per heavy atom. The van der Waals surface area contributed by atoms with Crippen LogP contribution in [0.5, 0.6) is 0 Å². The molecule has 1 aliphatic heterocycles. The maximum absolute atomic E-state index is 12.2. The second-order valence-corrected chi connectivity index (χ2v) is 6.65. The summed E-state index contributed by atoms with van der Waals surface area (Å²) < 4.78 is 0. The van der Waals surface area contributed by atoms with E-state index in [0.29, 0.717) is 18.8 Å². The van der Waals surface area contributed by atoms with E-state index in [1.54, 1.807) is 12.4 Å². The molecule has 1 fully saturated rings. The number of amides is 1. The van der Waals surface area contributed by atoms with Crippen molar-refractivity contribution in [2.45, 2.75) is 25.3 Å². The Morgan fingerprint density at radius 1 is 1.19 bits per heavy atom. The Labute approximate surface area is 157 Å². The van der Waals surface area contributed by atoms with Crippen LogP contribution < -0.4 is 10.2 Å². The molecule has 0 aromatic carbocycles. The summed E-state index contributed by atoms with van der Waals surface area (Å²) in [5, 5.41) is 3.12. The van der Waals surface area contributed by atoms with E-state index in [1.165, 1.54) is 0 Å². The number of rotatable bonds is 6. The van der Waals surface area contributed by atoms with Crippen molar-refractivity contribution < 1.29 is 4.79 Å². The standard InChI is InChI=1S/C20H22N6O/c27-19(7-6-15-4-1-2-10-21-15)24-16-9-13-26(14-16)20-23-12-8-18(25-20)17-5-3-11-22-17/h1-5,8,10-12,16,22H,6-7,9,13-14H2,(H,24,27). The molecule has 4 heterocycles. The van der Waals surface area contributed by atoms with E-state index in [9.17, 15) is 4.79 Å². The average molecular weight is 362 g/mol. The van der Waals surface area contributed by atoms with E-state index < -0.39 is 0 Å². The predicted molar refractivity (Wildman–Crippen MR) is 103 cm³/mol. The van der Waals surface area contributed by atoms with Gasteiger partial charge in [0.2, 0.25) is 11.9 Å². The molecular formula is C20H22N6O. The van der Waals surface area contributed by atoms with Crippen LogP contribution in [0.1, 0.15) is 18.5 Å². The van der Waals surface area contributed by atoms with Crippen LogP contribution in [0, 0.1) is 0 Å². The van der Waals surface area contributed by atoms with Gasteiger partial charge >= 0.3 is 0 Å². The van der Waals surface area contributed by atoms with Gasteiger partial charge < -0.3 is 15.2 Å². The molecular weight excluding hydrogens is 340 g/mol. The smallest absolute Gasteiger partial charge is 0.225 e. The highest BCUT2D eigenvalue weighted by molar-refractivity contribution is 5.76. The average Bonchev–Trinajstić information content (AvgIpc) is 3.40. The number of hydrogen-bond acceptors (Lipinski definition) is 5. The van der Waals surface area contributed by atoms with Gasteiger partial charge in [-0.15, -0.1) is 0 Å². The van der Waals surface area contributed by atoms with Crippen molar-refractivity contribution in [3.05, 3.63) is 60.7 Å². The van der Waals surface area contributed by atoms with Gasteiger partial charge in [-0.1, -0.05) is 6.07 Å². The van der Waals surface area contributed by atoms with Crippen LogP contribution in [0.15, 0.2) is 55.0 Å². The van der Waals surface area contributed by atoms with Crippen molar-refractivity contribution in [2.75, 3.05) is 18.0 Å². The van der Waals surface area contributed by atoms with Crippen molar-refractivity contribution in [1.29, 1.82) is 0 Å². The lowest BCUT2D eigenvalue weighted by Gasteiger charge is -2.17. The topological polar surface area (TPSA) is 86.8 Å². The molecule has 3 aromatic rings. The summed E-state index contributed by atoms with van der Waals surface area (Å²) in [5.41, 5.74) is 2.78. The third kappa shape index (κ3) is 4.31. The number of nitrogens with one attached hydrogen (secondary N) is 2. The van der Waals surface area contributed by atoms with Gasteiger partial charge in [-0.3, -0.25) is 9.78 Å². The van der Waals surface area contributed by atoms with Crippen LogP contribution in [0.2, 0.25) is 0 Å². The number of hydrogen-bond donors (Lipinski definition) is 2. The van der Waals surface area contributed by atoms with E-state index in [4.69, 9.17) is 0 Å². The minimum atomic E-state index is 0.0635. The molecule has 0 bridgehead atoms. The molecule has 1 amide bonds. The zero-order valence-corrected chi connectivity index (χ0v) is 15.0.